The van der Waals surface area contributed by atoms with Crippen molar-refractivity contribution in [3.63, 3.8) is 0 Å². The molecule has 0 atom stereocenters. The fraction of sp³-hybridized carbons (Fsp3) is 0.647. The molecule has 0 unspecified atom stereocenters. The van der Waals surface area contributed by atoms with Crippen LogP contribution >= 0.6 is 0 Å². The molecule has 0 saturated heterocycles. The molecule has 1 aromatic rings. The molecule has 1 rings (SSSR count). The van der Waals surface area contributed by atoms with Crippen LogP contribution in [-0.4, -0.2) is 37.6 Å². The van der Waals surface area contributed by atoms with Crippen LogP contribution in [0.4, 0.5) is 0 Å². The number of likely N-dealkylation sites (N-methyl/N-ethyl adjacent to an activating group) is 2. The topological polar surface area (TPSA) is 15.3 Å². The minimum absolute atomic E-state index is 0.196. The van der Waals surface area contributed by atoms with Crippen molar-refractivity contribution in [2.24, 2.45) is 0 Å². The van der Waals surface area contributed by atoms with Gasteiger partial charge in [-0.3, -0.25) is 4.90 Å². The van der Waals surface area contributed by atoms with Gasteiger partial charge in [-0.2, -0.15) is 0 Å². The Hall–Kier alpha value is -0.860. The third kappa shape index (κ3) is 4.32. The van der Waals surface area contributed by atoms with Crippen LogP contribution in [0.2, 0.25) is 0 Å². The molecule has 1 aromatic carbocycles. The zero-order chi connectivity index (χ0) is 14.6. The summed E-state index contributed by atoms with van der Waals surface area (Å²) in [5.74, 6) is 0. The fourth-order valence-corrected chi connectivity index (χ4v) is 2.75. The second-order valence-corrected chi connectivity index (χ2v) is 6.39. The molecule has 0 amide bonds. The minimum atomic E-state index is 0.196. The van der Waals surface area contributed by atoms with Crippen LogP contribution in [0.3, 0.4) is 0 Å². The van der Waals surface area contributed by atoms with Gasteiger partial charge < -0.3 is 5.32 Å². The van der Waals surface area contributed by atoms with Crippen molar-refractivity contribution in [1.82, 2.24) is 10.2 Å². The first kappa shape index (κ1) is 16.2. The molecule has 0 aliphatic rings. The highest BCUT2D eigenvalue weighted by Crippen LogP contribution is 2.19. The van der Waals surface area contributed by atoms with E-state index in [-0.39, 0.29) is 5.54 Å². The van der Waals surface area contributed by atoms with Crippen LogP contribution in [0.1, 0.15) is 36.1 Å². The molecule has 0 saturated carbocycles. The third-order valence-corrected chi connectivity index (χ3v) is 4.18. The summed E-state index contributed by atoms with van der Waals surface area (Å²) in [5.41, 5.74) is 5.93. The maximum Gasteiger partial charge on any atom is 0.0274 e. The van der Waals surface area contributed by atoms with E-state index in [1.807, 2.05) is 7.05 Å². The summed E-state index contributed by atoms with van der Waals surface area (Å²) in [6, 6.07) is 4.59. The van der Waals surface area contributed by atoms with Crippen LogP contribution in [0.15, 0.2) is 12.1 Å². The first-order valence-electron chi connectivity index (χ1n) is 7.20. The van der Waals surface area contributed by atoms with Crippen molar-refractivity contribution in [3.05, 3.63) is 34.4 Å². The molecule has 0 heterocycles. The lowest BCUT2D eigenvalue weighted by Gasteiger charge is -2.36. The highest BCUT2D eigenvalue weighted by Gasteiger charge is 2.22. The summed E-state index contributed by atoms with van der Waals surface area (Å²) in [4.78, 5) is 2.45. The summed E-state index contributed by atoms with van der Waals surface area (Å²) in [7, 11) is 4.24. The Morgan fingerprint density at radius 2 is 1.63 bits per heavy atom. The number of nitrogens with one attached hydrogen (secondary N) is 1. The van der Waals surface area contributed by atoms with E-state index in [4.69, 9.17) is 0 Å². The molecular weight excluding hydrogens is 232 g/mol. The molecule has 0 radical (unpaired) electrons. The van der Waals surface area contributed by atoms with Crippen molar-refractivity contribution >= 4 is 0 Å². The zero-order valence-corrected chi connectivity index (χ0v) is 13.7. The van der Waals surface area contributed by atoms with Crippen LogP contribution < -0.4 is 5.32 Å². The van der Waals surface area contributed by atoms with Gasteiger partial charge in [0.25, 0.3) is 0 Å². The van der Waals surface area contributed by atoms with Crippen molar-refractivity contribution in [3.8, 4) is 0 Å². The summed E-state index contributed by atoms with van der Waals surface area (Å²) in [6.45, 7) is 13.3. The minimum Gasteiger partial charge on any atom is -0.318 e. The van der Waals surface area contributed by atoms with Gasteiger partial charge in [-0.15, -0.1) is 0 Å². The van der Waals surface area contributed by atoms with Crippen molar-refractivity contribution < 1.29 is 0 Å². The number of rotatable bonds is 6. The van der Waals surface area contributed by atoms with Gasteiger partial charge in [-0.05, 0) is 71.8 Å². The highest BCUT2D eigenvalue weighted by atomic mass is 15.2. The Morgan fingerprint density at radius 3 is 2.11 bits per heavy atom. The Bertz CT molecular complexity index is 398. The van der Waals surface area contributed by atoms with Crippen LogP contribution in [-0.2, 0) is 6.42 Å². The second-order valence-electron chi connectivity index (χ2n) is 6.39. The molecule has 0 aliphatic carbocycles. The Kier molecular flexibility index (Phi) is 5.57. The van der Waals surface area contributed by atoms with Crippen molar-refractivity contribution in [2.75, 3.05) is 27.2 Å². The largest absolute Gasteiger partial charge is 0.318 e. The lowest BCUT2D eigenvalue weighted by Crippen LogP contribution is -2.48. The average Bonchev–Trinajstić information content (AvgIpc) is 2.26. The van der Waals surface area contributed by atoms with Crippen molar-refractivity contribution in [1.29, 1.82) is 0 Å². The first-order chi connectivity index (χ1) is 8.77. The van der Waals surface area contributed by atoms with E-state index in [0.29, 0.717) is 0 Å². The molecule has 108 valence electrons. The van der Waals surface area contributed by atoms with Gasteiger partial charge in [0.05, 0.1) is 0 Å². The maximum atomic E-state index is 3.28. The van der Waals surface area contributed by atoms with Crippen LogP contribution in [0, 0.1) is 20.8 Å². The predicted octanol–water partition coefficient (Wildman–Crippen LogP) is 3.08. The van der Waals surface area contributed by atoms with Crippen molar-refractivity contribution in [2.45, 2.75) is 46.6 Å². The normalized spacial score (nSPS) is 12.2. The quantitative estimate of drug-likeness (QED) is 0.847. The van der Waals surface area contributed by atoms with Gasteiger partial charge in [-0.1, -0.05) is 17.7 Å². The summed E-state index contributed by atoms with van der Waals surface area (Å²) in [5, 5.41) is 3.28. The zero-order valence-electron chi connectivity index (χ0n) is 13.7. The predicted molar refractivity (Wildman–Crippen MR) is 85.0 cm³/mol. The molecule has 2 nitrogen and oxygen atoms in total. The standard InChI is InChI=1S/C17H30N2/c1-13-10-14(2)16(15(3)11-13)8-9-19(7)17(4,5)12-18-6/h10-11,18H,8-9,12H2,1-7H3. The molecule has 0 fully saturated rings. The van der Waals surface area contributed by atoms with E-state index in [2.05, 4.69) is 64.0 Å². The number of nitrogens with zero attached hydrogens (tertiary/aromatic N) is 1. The van der Waals surface area contributed by atoms with Gasteiger partial charge in [0.2, 0.25) is 0 Å². The van der Waals surface area contributed by atoms with E-state index in [1.165, 1.54) is 22.3 Å². The number of benzene rings is 1. The van der Waals surface area contributed by atoms with E-state index >= 15 is 0 Å². The number of hydrogen-bond acceptors (Lipinski definition) is 2. The molecular formula is C17H30N2. The van der Waals surface area contributed by atoms with Gasteiger partial charge in [0.15, 0.2) is 0 Å². The molecule has 0 spiro atoms. The smallest absolute Gasteiger partial charge is 0.0274 e. The highest BCUT2D eigenvalue weighted by molar-refractivity contribution is 5.37. The summed E-state index contributed by atoms with van der Waals surface area (Å²) in [6.07, 6.45) is 1.13. The molecule has 19 heavy (non-hydrogen) atoms. The van der Waals surface area contributed by atoms with Crippen LogP contribution in [0.25, 0.3) is 0 Å². The maximum absolute atomic E-state index is 3.28. The average molecular weight is 262 g/mol. The lowest BCUT2D eigenvalue weighted by molar-refractivity contribution is 0.157. The molecule has 0 bridgehead atoms. The molecule has 0 aliphatic heterocycles. The van der Waals surface area contributed by atoms with E-state index in [0.717, 1.165) is 19.5 Å². The Labute approximate surface area is 119 Å². The third-order valence-electron chi connectivity index (χ3n) is 4.18. The van der Waals surface area contributed by atoms with Gasteiger partial charge >= 0.3 is 0 Å². The first-order valence-corrected chi connectivity index (χ1v) is 7.20. The van der Waals surface area contributed by atoms with Gasteiger partial charge in [-0.25, -0.2) is 0 Å². The number of aryl methyl sites for hydroxylation is 3. The summed E-state index contributed by atoms with van der Waals surface area (Å²) >= 11 is 0. The molecule has 1 N–H and O–H groups in total. The number of hydrogen-bond donors (Lipinski definition) is 1. The van der Waals surface area contributed by atoms with Crippen LogP contribution in [0.5, 0.6) is 0 Å². The summed E-state index contributed by atoms with van der Waals surface area (Å²) < 4.78 is 0. The van der Waals surface area contributed by atoms with Gasteiger partial charge in [0.1, 0.15) is 0 Å². The Morgan fingerprint density at radius 1 is 1.11 bits per heavy atom. The second kappa shape index (κ2) is 6.53. The Balaban J connectivity index is 2.72. The fourth-order valence-electron chi connectivity index (χ4n) is 2.75. The van der Waals surface area contributed by atoms with Gasteiger partial charge in [0, 0.05) is 18.6 Å². The van der Waals surface area contributed by atoms with E-state index in [1.54, 1.807) is 0 Å². The molecule has 2 heteroatoms. The van der Waals surface area contributed by atoms with E-state index < -0.39 is 0 Å². The van der Waals surface area contributed by atoms with E-state index in [9.17, 15) is 0 Å². The monoisotopic (exact) mass is 262 g/mol. The lowest BCUT2D eigenvalue weighted by atomic mass is 9.96. The molecule has 0 aromatic heterocycles. The SMILES string of the molecule is CNCC(C)(C)N(C)CCc1c(C)cc(C)cc1C.